The molecule has 3 rings (SSSR count). The molecule has 6 nitrogen and oxygen atoms in total. The van der Waals surface area contributed by atoms with Crippen molar-refractivity contribution in [3.63, 3.8) is 0 Å². The monoisotopic (exact) mass is 371 g/mol. The Morgan fingerprint density at radius 2 is 1.56 bits per heavy atom. The van der Waals surface area contributed by atoms with Crippen LogP contribution in [0.15, 0.2) is 30.3 Å². The fourth-order valence-corrected chi connectivity index (χ4v) is 3.95. The van der Waals surface area contributed by atoms with E-state index in [-0.39, 0.29) is 42.0 Å². The highest BCUT2D eigenvalue weighted by Crippen LogP contribution is 2.29. The summed E-state index contributed by atoms with van der Waals surface area (Å²) in [5, 5.41) is 0. The fraction of sp³-hybridized carbons (Fsp3) is 0.571. The molecule has 6 heteroatoms. The Morgan fingerprint density at radius 1 is 0.963 bits per heavy atom. The minimum absolute atomic E-state index is 0.0206. The van der Waals surface area contributed by atoms with Crippen molar-refractivity contribution in [2.45, 2.75) is 33.2 Å². The van der Waals surface area contributed by atoms with Crippen LogP contribution in [0.25, 0.3) is 0 Å². The maximum atomic E-state index is 12.9. The van der Waals surface area contributed by atoms with Crippen LogP contribution in [0.5, 0.6) is 0 Å². The Kier molecular flexibility index (Phi) is 5.82. The molecule has 2 heterocycles. The molecule has 0 spiro atoms. The highest BCUT2D eigenvalue weighted by molar-refractivity contribution is 5.89. The van der Waals surface area contributed by atoms with Gasteiger partial charge >= 0.3 is 0 Å². The fourth-order valence-electron chi connectivity index (χ4n) is 3.95. The van der Waals surface area contributed by atoms with Crippen molar-refractivity contribution in [2.75, 3.05) is 32.7 Å². The first kappa shape index (κ1) is 19.4. The Morgan fingerprint density at radius 3 is 2.15 bits per heavy atom. The molecule has 0 aromatic heterocycles. The van der Waals surface area contributed by atoms with Crippen LogP contribution in [0, 0.1) is 11.8 Å². The molecule has 0 aliphatic carbocycles. The third-order valence-corrected chi connectivity index (χ3v) is 5.65. The maximum Gasteiger partial charge on any atom is 0.228 e. The van der Waals surface area contributed by atoms with Gasteiger partial charge in [0.05, 0.1) is 12.0 Å². The number of nitrogens with zero attached hydrogens (tertiary/aromatic N) is 3. The highest BCUT2D eigenvalue weighted by Gasteiger charge is 2.39. The van der Waals surface area contributed by atoms with Crippen LogP contribution in [-0.4, -0.2) is 65.1 Å². The first-order chi connectivity index (χ1) is 12.9. The van der Waals surface area contributed by atoms with E-state index >= 15 is 0 Å². The summed E-state index contributed by atoms with van der Waals surface area (Å²) in [6.07, 6.45) is 0.279. The molecule has 0 bridgehead atoms. The minimum atomic E-state index is -0.281. The van der Waals surface area contributed by atoms with Gasteiger partial charge in [-0.15, -0.1) is 0 Å². The number of rotatable bonds is 4. The highest BCUT2D eigenvalue weighted by atomic mass is 16.2. The smallest absolute Gasteiger partial charge is 0.228 e. The molecule has 2 atom stereocenters. The minimum Gasteiger partial charge on any atom is -0.339 e. The molecule has 2 fully saturated rings. The molecule has 1 aromatic rings. The summed E-state index contributed by atoms with van der Waals surface area (Å²) in [6, 6.07) is 9.88. The van der Waals surface area contributed by atoms with Gasteiger partial charge in [-0.25, -0.2) is 0 Å². The first-order valence-corrected chi connectivity index (χ1v) is 9.80. The zero-order valence-corrected chi connectivity index (χ0v) is 16.4. The Bertz CT molecular complexity index is 696. The van der Waals surface area contributed by atoms with Gasteiger partial charge in [0, 0.05) is 45.1 Å². The molecule has 146 valence electrons. The molecular formula is C21H29N3O3. The van der Waals surface area contributed by atoms with E-state index in [4.69, 9.17) is 0 Å². The van der Waals surface area contributed by atoms with E-state index in [9.17, 15) is 14.4 Å². The normalized spacial score (nSPS) is 21.7. The molecule has 3 amide bonds. The summed E-state index contributed by atoms with van der Waals surface area (Å²) in [6.45, 7) is 8.53. The van der Waals surface area contributed by atoms with Crippen molar-refractivity contribution in [1.29, 1.82) is 0 Å². The molecule has 2 aliphatic rings. The average Bonchev–Trinajstić information content (AvgIpc) is 3.08. The average molecular weight is 371 g/mol. The van der Waals surface area contributed by atoms with E-state index in [1.165, 1.54) is 0 Å². The molecule has 0 N–H and O–H groups in total. The predicted molar refractivity (Wildman–Crippen MR) is 103 cm³/mol. The van der Waals surface area contributed by atoms with E-state index in [0.717, 1.165) is 5.56 Å². The number of carbonyl (C=O) groups excluding carboxylic acids is 3. The van der Waals surface area contributed by atoms with E-state index in [2.05, 4.69) is 0 Å². The molecule has 2 aliphatic heterocycles. The van der Waals surface area contributed by atoms with Crippen LogP contribution in [0.4, 0.5) is 0 Å². The van der Waals surface area contributed by atoms with E-state index in [1.807, 2.05) is 65.8 Å². The van der Waals surface area contributed by atoms with E-state index < -0.39 is 0 Å². The van der Waals surface area contributed by atoms with Gasteiger partial charge in [0.15, 0.2) is 0 Å². The quantitative estimate of drug-likeness (QED) is 0.812. The van der Waals surface area contributed by atoms with Crippen LogP contribution in [-0.2, 0) is 14.4 Å². The molecular weight excluding hydrogens is 342 g/mol. The zero-order chi connectivity index (χ0) is 19.6. The zero-order valence-electron chi connectivity index (χ0n) is 16.4. The SMILES string of the molecule is CC(C)C(=O)N1CCN(C(=O)C2CC(=O)N(C(C)c3ccccc3)C2)CC1. The van der Waals surface area contributed by atoms with Crippen molar-refractivity contribution in [2.24, 2.45) is 11.8 Å². The number of carbonyl (C=O) groups is 3. The summed E-state index contributed by atoms with van der Waals surface area (Å²) in [4.78, 5) is 43.0. The van der Waals surface area contributed by atoms with Crippen LogP contribution >= 0.6 is 0 Å². The van der Waals surface area contributed by atoms with Gasteiger partial charge in [0.1, 0.15) is 0 Å². The van der Waals surface area contributed by atoms with Gasteiger partial charge in [0.25, 0.3) is 0 Å². The van der Waals surface area contributed by atoms with Crippen molar-refractivity contribution >= 4 is 17.7 Å². The van der Waals surface area contributed by atoms with Gasteiger partial charge in [-0.05, 0) is 12.5 Å². The second-order valence-corrected chi connectivity index (χ2v) is 7.84. The van der Waals surface area contributed by atoms with Crippen molar-refractivity contribution < 1.29 is 14.4 Å². The van der Waals surface area contributed by atoms with Crippen molar-refractivity contribution in [3.8, 4) is 0 Å². The predicted octanol–water partition coefficient (Wildman–Crippen LogP) is 1.92. The number of benzene rings is 1. The molecule has 2 saturated heterocycles. The van der Waals surface area contributed by atoms with Crippen LogP contribution in [0.3, 0.4) is 0 Å². The lowest BCUT2D eigenvalue weighted by molar-refractivity contribution is -0.143. The summed E-state index contributed by atoms with van der Waals surface area (Å²) >= 11 is 0. The topological polar surface area (TPSA) is 60.9 Å². The summed E-state index contributed by atoms with van der Waals surface area (Å²) in [5.41, 5.74) is 1.08. The maximum absolute atomic E-state index is 12.9. The third-order valence-electron chi connectivity index (χ3n) is 5.65. The number of hydrogen-bond acceptors (Lipinski definition) is 3. The number of amides is 3. The van der Waals surface area contributed by atoms with E-state index in [1.54, 1.807) is 0 Å². The third kappa shape index (κ3) is 4.15. The lowest BCUT2D eigenvalue weighted by Crippen LogP contribution is -2.53. The second kappa shape index (κ2) is 8.11. The number of likely N-dealkylation sites (tertiary alicyclic amines) is 1. The molecule has 2 unspecified atom stereocenters. The van der Waals surface area contributed by atoms with Gasteiger partial charge < -0.3 is 14.7 Å². The summed E-state index contributed by atoms with van der Waals surface area (Å²) in [5.74, 6) is -0.0779. The lowest BCUT2D eigenvalue weighted by atomic mass is 10.1. The second-order valence-electron chi connectivity index (χ2n) is 7.84. The Balaban J connectivity index is 1.58. The molecule has 1 aromatic carbocycles. The standard InChI is InChI=1S/C21H29N3O3/c1-15(2)20(26)22-9-11-23(12-10-22)21(27)18-13-19(25)24(14-18)16(3)17-7-5-4-6-8-17/h4-8,15-16,18H,9-14H2,1-3H3. The number of hydrogen-bond donors (Lipinski definition) is 0. The van der Waals surface area contributed by atoms with Gasteiger partial charge in [0.2, 0.25) is 17.7 Å². The van der Waals surface area contributed by atoms with Crippen molar-refractivity contribution in [1.82, 2.24) is 14.7 Å². The van der Waals surface area contributed by atoms with Gasteiger partial charge in [-0.3, -0.25) is 14.4 Å². The molecule has 0 radical (unpaired) electrons. The van der Waals surface area contributed by atoms with Crippen LogP contribution < -0.4 is 0 Å². The molecule has 0 saturated carbocycles. The molecule has 27 heavy (non-hydrogen) atoms. The number of piperazine rings is 1. The largest absolute Gasteiger partial charge is 0.339 e. The van der Waals surface area contributed by atoms with Crippen LogP contribution in [0.1, 0.15) is 38.8 Å². The van der Waals surface area contributed by atoms with Crippen LogP contribution in [0.2, 0.25) is 0 Å². The summed E-state index contributed by atoms with van der Waals surface area (Å²) in [7, 11) is 0. The van der Waals surface area contributed by atoms with Gasteiger partial charge in [-0.2, -0.15) is 0 Å². The summed E-state index contributed by atoms with van der Waals surface area (Å²) < 4.78 is 0. The Labute approximate surface area is 161 Å². The van der Waals surface area contributed by atoms with Crippen molar-refractivity contribution in [3.05, 3.63) is 35.9 Å². The van der Waals surface area contributed by atoms with Gasteiger partial charge in [-0.1, -0.05) is 44.2 Å². The Hall–Kier alpha value is -2.37. The van der Waals surface area contributed by atoms with E-state index in [0.29, 0.717) is 32.7 Å². The lowest BCUT2D eigenvalue weighted by Gasteiger charge is -2.36. The first-order valence-electron chi connectivity index (χ1n) is 9.80.